The number of thiophene rings is 1. The van der Waals surface area contributed by atoms with Crippen LogP contribution in [-0.2, 0) is 4.74 Å². The summed E-state index contributed by atoms with van der Waals surface area (Å²) in [6.07, 6.45) is -5.58. The van der Waals surface area contributed by atoms with Crippen molar-refractivity contribution in [2.75, 3.05) is 6.61 Å². The Morgan fingerprint density at radius 2 is 2.19 bits per heavy atom. The van der Waals surface area contributed by atoms with Gasteiger partial charge in [-0.1, -0.05) is 6.07 Å². The van der Waals surface area contributed by atoms with Gasteiger partial charge in [-0.15, -0.1) is 11.3 Å². The van der Waals surface area contributed by atoms with E-state index in [4.69, 9.17) is 10.5 Å². The van der Waals surface area contributed by atoms with Gasteiger partial charge in [-0.2, -0.15) is 13.2 Å². The first-order valence-electron chi connectivity index (χ1n) is 4.87. The lowest BCUT2D eigenvalue weighted by atomic mass is 10.1. The Hall–Kier alpha value is -0.590. The van der Waals surface area contributed by atoms with Crippen LogP contribution in [0.5, 0.6) is 0 Å². The van der Waals surface area contributed by atoms with Gasteiger partial charge in [0, 0.05) is 10.9 Å². The van der Waals surface area contributed by atoms with E-state index in [1.165, 1.54) is 11.3 Å². The third-order valence-corrected chi connectivity index (χ3v) is 2.92. The number of ether oxygens (including phenoxy) is 1. The summed E-state index contributed by atoms with van der Waals surface area (Å²) in [7, 11) is 0. The van der Waals surface area contributed by atoms with E-state index in [2.05, 4.69) is 0 Å². The smallest absolute Gasteiger partial charge is 0.371 e. The molecule has 1 aromatic heterocycles. The summed E-state index contributed by atoms with van der Waals surface area (Å²) >= 11 is 1.43. The number of hydrogen-bond donors (Lipinski definition) is 1. The zero-order valence-corrected chi connectivity index (χ0v) is 9.65. The predicted octanol–water partition coefficient (Wildman–Crippen LogP) is 3.11. The van der Waals surface area contributed by atoms with E-state index in [0.717, 1.165) is 4.88 Å². The van der Waals surface area contributed by atoms with Gasteiger partial charge in [0.1, 0.15) is 6.10 Å². The number of rotatable bonds is 5. The molecule has 2 nitrogen and oxygen atoms in total. The van der Waals surface area contributed by atoms with Gasteiger partial charge < -0.3 is 10.5 Å². The summed E-state index contributed by atoms with van der Waals surface area (Å²) in [5.41, 5.74) is 5.68. The zero-order chi connectivity index (χ0) is 12.2. The molecule has 0 aliphatic carbocycles. The van der Waals surface area contributed by atoms with Crippen LogP contribution in [-0.4, -0.2) is 18.8 Å². The molecule has 0 aliphatic heterocycles. The quantitative estimate of drug-likeness (QED) is 0.875. The fourth-order valence-electron chi connectivity index (χ4n) is 1.25. The topological polar surface area (TPSA) is 35.2 Å². The minimum atomic E-state index is -4.18. The number of nitrogens with two attached hydrogens (primary N) is 1. The summed E-state index contributed by atoms with van der Waals surface area (Å²) in [5.74, 6) is 0. The van der Waals surface area contributed by atoms with Gasteiger partial charge in [0.2, 0.25) is 0 Å². The third kappa shape index (κ3) is 4.51. The number of alkyl halides is 3. The van der Waals surface area contributed by atoms with Crippen molar-refractivity contribution in [3.8, 4) is 0 Å². The van der Waals surface area contributed by atoms with Gasteiger partial charge in [-0.05, 0) is 18.4 Å². The van der Waals surface area contributed by atoms with Crippen molar-refractivity contribution in [1.29, 1.82) is 0 Å². The van der Waals surface area contributed by atoms with Crippen LogP contribution in [0.25, 0.3) is 0 Å². The van der Waals surface area contributed by atoms with E-state index < -0.39 is 18.7 Å². The average molecular weight is 253 g/mol. The molecular weight excluding hydrogens is 239 g/mol. The highest BCUT2D eigenvalue weighted by molar-refractivity contribution is 7.10. The molecule has 0 saturated heterocycles. The summed E-state index contributed by atoms with van der Waals surface area (Å²) < 4.78 is 41.0. The molecule has 0 radical (unpaired) electrons. The van der Waals surface area contributed by atoms with Gasteiger partial charge in [0.25, 0.3) is 0 Å². The molecule has 0 aliphatic rings. The fraction of sp³-hybridized carbons (Fsp3) is 0.600. The second-order valence-corrected chi connectivity index (χ2v) is 4.51. The van der Waals surface area contributed by atoms with Gasteiger partial charge in [-0.3, -0.25) is 0 Å². The number of hydrogen-bond acceptors (Lipinski definition) is 3. The molecule has 16 heavy (non-hydrogen) atoms. The molecule has 1 heterocycles. The largest absolute Gasteiger partial charge is 0.391 e. The highest BCUT2D eigenvalue weighted by Gasteiger charge is 2.28. The Bertz CT molecular complexity index is 298. The van der Waals surface area contributed by atoms with E-state index >= 15 is 0 Å². The molecule has 0 bridgehead atoms. The molecule has 0 saturated carbocycles. The number of halogens is 3. The first-order valence-corrected chi connectivity index (χ1v) is 5.75. The normalized spacial score (nSPS) is 16.1. The van der Waals surface area contributed by atoms with Crippen molar-refractivity contribution in [3.63, 3.8) is 0 Å². The molecule has 2 unspecified atom stereocenters. The summed E-state index contributed by atoms with van der Waals surface area (Å²) in [6.45, 7) is 1.37. The lowest BCUT2D eigenvalue weighted by molar-refractivity contribution is -0.150. The van der Waals surface area contributed by atoms with Gasteiger partial charge in [0.15, 0.2) is 0 Å². The molecule has 2 N–H and O–H groups in total. The SMILES string of the molecule is CC(N)C(OCCC(F)(F)F)c1cccs1. The van der Waals surface area contributed by atoms with Crippen LogP contribution < -0.4 is 5.73 Å². The minimum absolute atomic E-state index is 0.327. The molecule has 0 amide bonds. The molecule has 92 valence electrons. The van der Waals surface area contributed by atoms with E-state index in [0.29, 0.717) is 0 Å². The van der Waals surface area contributed by atoms with E-state index in [1.807, 2.05) is 17.5 Å². The highest BCUT2D eigenvalue weighted by atomic mass is 32.1. The lowest BCUT2D eigenvalue weighted by Gasteiger charge is -2.20. The zero-order valence-electron chi connectivity index (χ0n) is 8.83. The van der Waals surface area contributed by atoms with Crippen LogP contribution in [0, 0.1) is 0 Å². The minimum Gasteiger partial charge on any atom is -0.371 e. The van der Waals surface area contributed by atoms with Crippen LogP contribution in [0.3, 0.4) is 0 Å². The fourth-order valence-corrected chi connectivity index (χ4v) is 2.14. The molecule has 0 aromatic carbocycles. The van der Waals surface area contributed by atoms with Crippen LogP contribution in [0.15, 0.2) is 17.5 Å². The van der Waals surface area contributed by atoms with Gasteiger partial charge in [0.05, 0.1) is 13.0 Å². The van der Waals surface area contributed by atoms with Crippen molar-refractivity contribution in [1.82, 2.24) is 0 Å². The summed E-state index contributed by atoms with van der Waals surface area (Å²) in [4.78, 5) is 0.858. The average Bonchev–Trinajstić information content (AvgIpc) is 2.62. The molecule has 6 heteroatoms. The maximum Gasteiger partial charge on any atom is 0.391 e. The van der Waals surface area contributed by atoms with Crippen LogP contribution >= 0.6 is 11.3 Å². The molecule has 1 aromatic rings. The standard InChI is InChI=1S/C10H14F3NOS/c1-7(14)9(8-3-2-6-16-8)15-5-4-10(11,12)13/h2-3,6-7,9H,4-5,14H2,1H3. The van der Waals surface area contributed by atoms with Crippen LogP contribution in [0.4, 0.5) is 13.2 Å². The van der Waals surface area contributed by atoms with Crippen molar-refractivity contribution >= 4 is 11.3 Å². The first-order chi connectivity index (χ1) is 7.40. The van der Waals surface area contributed by atoms with E-state index in [-0.39, 0.29) is 12.6 Å². The molecular formula is C10H14F3NOS. The Balaban J connectivity index is 2.48. The van der Waals surface area contributed by atoms with Crippen molar-refractivity contribution in [2.45, 2.75) is 31.7 Å². The Morgan fingerprint density at radius 1 is 1.50 bits per heavy atom. The second-order valence-electron chi connectivity index (χ2n) is 3.53. The van der Waals surface area contributed by atoms with Crippen LogP contribution in [0.2, 0.25) is 0 Å². The Labute approximate surface area is 96.2 Å². The lowest BCUT2D eigenvalue weighted by Crippen LogP contribution is -2.27. The third-order valence-electron chi connectivity index (χ3n) is 1.98. The predicted molar refractivity (Wildman–Crippen MR) is 57.3 cm³/mol. The summed E-state index contributed by atoms with van der Waals surface area (Å²) in [6, 6.07) is 3.31. The van der Waals surface area contributed by atoms with Crippen LogP contribution in [0.1, 0.15) is 24.3 Å². The summed E-state index contributed by atoms with van der Waals surface area (Å²) in [5, 5.41) is 1.85. The maximum atomic E-state index is 11.9. The van der Waals surface area contributed by atoms with Gasteiger partial charge >= 0.3 is 6.18 Å². The van der Waals surface area contributed by atoms with E-state index in [9.17, 15) is 13.2 Å². The molecule has 0 spiro atoms. The molecule has 1 rings (SSSR count). The Kier molecular flexibility index (Phi) is 4.76. The first kappa shape index (κ1) is 13.5. The van der Waals surface area contributed by atoms with Crippen molar-refractivity contribution in [2.24, 2.45) is 5.73 Å². The second kappa shape index (κ2) is 5.65. The van der Waals surface area contributed by atoms with Crippen molar-refractivity contribution in [3.05, 3.63) is 22.4 Å². The van der Waals surface area contributed by atoms with E-state index in [1.54, 1.807) is 6.92 Å². The van der Waals surface area contributed by atoms with Gasteiger partial charge in [-0.25, -0.2) is 0 Å². The molecule has 2 atom stereocenters. The maximum absolute atomic E-state index is 11.9. The highest BCUT2D eigenvalue weighted by Crippen LogP contribution is 2.27. The van der Waals surface area contributed by atoms with Crippen molar-refractivity contribution < 1.29 is 17.9 Å². The molecule has 0 fully saturated rings. The monoisotopic (exact) mass is 253 g/mol. The Morgan fingerprint density at radius 3 is 2.62 bits per heavy atom.